The summed E-state index contributed by atoms with van der Waals surface area (Å²) >= 11 is 0. The summed E-state index contributed by atoms with van der Waals surface area (Å²) in [5.41, 5.74) is -1.66. The van der Waals surface area contributed by atoms with Crippen LogP contribution in [0.5, 0.6) is 0 Å². The van der Waals surface area contributed by atoms with Gasteiger partial charge in [-0.3, -0.25) is 4.79 Å². The summed E-state index contributed by atoms with van der Waals surface area (Å²) in [6.07, 6.45) is 0.874. The quantitative estimate of drug-likeness (QED) is 0.170. The van der Waals surface area contributed by atoms with E-state index >= 15 is 0 Å². The molecule has 0 atom stereocenters. The van der Waals surface area contributed by atoms with Crippen LogP contribution in [0.1, 0.15) is 10.4 Å². The topological polar surface area (TPSA) is 57.6 Å². The molecule has 2 aromatic rings. The predicted octanol–water partition coefficient (Wildman–Crippen LogP) is 3.53. The summed E-state index contributed by atoms with van der Waals surface area (Å²) in [6.45, 7) is 0. The highest BCUT2D eigenvalue weighted by Gasteiger charge is 2.28. The number of anilines is 1. The number of nitrogens with zero attached hydrogens (tertiary/aromatic N) is 1. The van der Waals surface area contributed by atoms with Gasteiger partial charge >= 0.3 is 5.97 Å². The molecule has 2 rings (SSSR count). The lowest BCUT2D eigenvalue weighted by atomic mass is 10.0. The zero-order valence-electron chi connectivity index (χ0n) is 12.8. The zero-order valence-corrected chi connectivity index (χ0v) is 12.8. The van der Waals surface area contributed by atoms with E-state index in [1.807, 2.05) is 0 Å². The Labute approximate surface area is 139 Å². The number of halogens is 4. The number of benzene rings is 2. The van der Waals surface area contributed by atoms with Crippen LogP contribution in [0.3, 0.4) is 0 Å². The number of ketones is 1. The molecular formula is C17H11F4NO3. The van der Waals surface area contributed by atoms with Crippen LogP contribution in [0.2, 0.25) is 0 Å². The maximum Gasteiger partial charge on any atom is 0.341 e. The Morgan fingerprint density at radius 3 is 2.16 bits per heavy atom. The van der Waals surface area contributed by atoms with E-state index in [4.69, 9.17) is 0 Å². The third-order valence-electron chi connectivity index (χ3n) is 3.31. The Morgan fingerprint density at radius 1 is 1.00 bits per heavy atom. The van der Waals surface area contributed by atoms with Crippen LogP contribution in [0.4, 0.5) is 23.2 Å². The predicted molar refractivity (Wildman–Crippen MR) is 81.2 cm³/mol. The fourth-order valence-electron chi connectivity index (χ4n) is 2.03. The van der Waals surface area contributed by atoms with Gasteiger partial charge in [-0.25, -0.2) is 22.4 Å². The van der Waals surface area contributed by atoms with E-state index in [-0.39, 0.29) is 6.07 Å². The van der Waals surface area contributed by atoms with Crippen LogP contribution in [-0.2, 0) is 4.79 Å². The Bertz CT molecular complexity index is 866. The molecule has 0 aromatic heterocycles. The smallest absolute Gasteiger partial charge is 0.341 e. The van der Waals surface area contributed by atoms with Crippen molar-refractivity contribution in [2.24, 2.45) is 0 Å². The van der Waals surface area contributed by atoms with E-state index in [9.17, 15) is 32.3 Å². The molecule has 130 valence electrons. The first kappa shape index (κ1) is 18.2. The molecule has 2 aromatic carbocycles. The molecule has 0 bridgehead atoms. The molecule has 0 unspecified atom stereocenters. The molecule has 0 aliphatic carbocycles. The summed E-state index contributed by atoms with van der Waals surface area (Å²) in [7, 11) is 1.42. The minimum absolute atomic E-state index is 0.120. The van der Waals surface area contributed by atoms with Gasteiger partial charge in [0.25, 0.3) is 0 Å². The number of carbonyl (C=O) groups is 2. The SMILES string of the molecule is CN(C=C(C(=O)O)C(=O)c1cc(F)c(F)c(F)c1F)c1ccccc1. The molecule has 0 saturated carbocycles. The van der Waals surface area contributed by atoms with E-state index in [0.717, 1.165) is 6.20 Å². The number of rotatable bonds is 5. The minimum Gasteiger partial charge on any atom is -0.477 e. The summed E-state index contributed by atoms with van der Waals surface area (Å²) < 4.78 is 53.3. The largest absolute Gasteiger partial charge is 0.477 e. The molecule has 1 N–H and O–H groups in total. The fourth-order valence-corrected chi connectivity index (χ4v) is 2.03. The van der Waals surface area contributed by atoms with Gasteiger partial charge in [0.1, 0.15) is 5.57 Å². The first-order chi connectivity index (χ1) is 11.7. The number of hydrogen-bond donors (Lipinski definition) is 1. The molecule has 0 aliphatic heterocycles. The Hall–Kier alpha value is -3.16. The van der Waals surface area contributed by atoms with Crippen molar-refractivity contribution in [1.29, 1.82) is 0 Å². The number of para-hydroxylation sites is 1. The van der Waals surface area contributed by atoms with Crippen molar-refractivity contribution < 1.29 is 32.3 Å². The minimum atomic E-state index is -2.19. The van der Waals surface area contributed by atoms with E-state index in [1.165, 1.54) is 11.9 Å². The van der Waals surface area contributed by atoms with Crippen molar-refractivity contribution in [2.75, 3.05) is 11.9 Å². The normalized spacial score (nSPS) is 11.3. The molecule has 25 heavy (non-hydrogen) atoms. The van der Waals surface area contributed by atoms with E-state index in [2.05, 4.69) is 0 Å². The second-order valence-electron chi connectivity index (χ2n) is 4.97. The van der Waals surface area contributed by atoms with Gasteiger partial charge in [0.05, 0.1) is 5.56 Å². The molecule has 0 heterocycles. The summed E-state index contributed by atoms with van der Waals surface area (Å²) in [5, 5.41) is 9.19. The molecular weight excluding hydrogens is 342 g/mol. The summed E-state index contributed by atoms with van der Waals surface area (Å²) in [4.78, 5) is 24.8. The van der Waals surface area contributed by atoms with Crippen molar-refractivity contribution in [3.05, 3.63) is 77.0 Å². The summed E-state index contributed by atoms with van der Waals surface area (Å²) in [6, 6.07) is 8.37. The Morgan fingerprint density at radius 2 is 1.60 bits per heavy atom. The maximum absolute atomic E-state index is 13.7. The second-order valence-corrected chi connectivity index (χ2v) is 4.97. The lowest BCUT2D eigenvalue weighted by Crippen LogP contribution is -2.20. The molecule has 4 nitrogen and oxygen atoms in total. The fraction of sp³-hybridized carbons (Fsp3) is 0.0588. The Kier molecular flexibility index (Phi) is 5.21. The van der Waals surface area contributed by atoms with E-state index in [1.54, 1.807) is 30.3 Å². The molecule has 0 saturated heterocycles. The highest BCUT2D eigenvalue weighted by atomic mass is 19.2. The first-order valence-electron chi connectivity index (χ1n) is 6.84. The molecule has 8 heteroatoms. The van der Waals surface area contributed by atoms with Crippen molar-refractivity contribution in [2.45, 2.75) is 0 Å². The van der Waals surface area contributed by atoms with Crippen molar-refractivity contribution in [3.63, 3.8) is 0 Å². The number of carboxylic acids is 1. The van der Waals surface area contributed by atoms with Crippen LogP contribution in [0, 0.1) is 23.3 Å². The number of Topliss-reactive ketones (excluding diaryl/α,β-unsaturated/α-hetero) is 1. The van der Waals surface area contributed by atoms with Crippen LogP contribution in [0.25, 0.3) is 0 Å². The number of hydrogen-bond acceptors (Lipinski definition) is 3. The second kappa shape index (κ2) is 7.16. The molecule has 0 aliphatic rings. The zero-order chi connectivity index (χ0) is 18.7. The van der Waals surface area contributed by atoms with Gasteiger partial charge in [-0.1, -0.05) is 18.2 Å². The maximum atomic E-state index is 13.7. The van der Waals surface area contributed by atoms with Gasteiger partial charge in [-0.2, -0.15) is 0 Å². The molecule has 0 spiro atoms. The average Bonchev–Trinajstić information content (AvgIpc) is 2.60. The lowest BCUT2D eigenvalue weighted by molar-refractivity contribution is -0.132. The lowest BCUT2D eigenvalue weighted by Gasteiger charge is -2.15. The number of carboxylic acid groups (broad SMARTS) is 1. The molecule has 0 amide bonds. The van der Waals surface area contributed by atoms with Crippen LogP contribution >= 0.6 is 0 Å². The monoisotopic (exact) mass is 353 g/mol. The van der Waals surface area contributed by atoms with Gasteiger partial charge in [-0.05, 0) is 18.2 Å². The highest BCUT2D eigenvalue weighted by molar-refractivity contribution is 6.24. The standard InChI is InChI=1S/C17H11F4NO3/c1-22(9-5-3-2-4-6-9)8-11(17(24)25)16(23)10-7-12(18)14(20)15(21)13(10)19/h2-8H,1H3,(H,24,25). The van der Waals surface area contributed by atoms with Gasteiger partial charge in [0, 0.05) is 18.9 Å². The van der Waals surface area contributed by atoms with Crippen molar-refractivity contribution in [3.8, 4) is 0 Å². The van der Waals surface area contributed by atoms with Gasteiger partial charge in [-0.15, -0.1) is 0 Å². The van der Waals surface area contributed by atoms with Gasteiger partial charge in [0.15, 0.2) is 23.3 Å². The first-order valence-corrected chi connectivity index (χ1v) is 6.84. The van der Waals surface area contributed by atoms with Gasteiger partial charge in [0.2, 0.25) is 5.78 Å². The van der Waals surface area contributed by atoms with Crippen LogP contribution in [-0.4, -0.2) is 23.9 Å². The summed E-state index contributed by atoms with van der Waals surface area (Å²) in [5.74, 6) is -11.3. The third kappa shape index (κ3) is 3.68. The van der Waals surface area contributed by atoms with Crippen LogP contribution in [0.15, 0.2) is 48.2 Å². The van der Waals surface area contributed by atoms with E-state index in [0.29, 0.717) is 5.69 Å². The highest BCUT2D eigenvalue weighted by Crippen LogP contribution is 2.22. The van der Waals surface area contributed by atoms with E-state index < -0.39 is 46.2 Å². The molecule has 0 fully saturated rings. The average molecular weight is 353 g/mol. The van der Waals surface area contributed by atoms with Crippen molar-refractivity contribution >= 4 is 17.4 Å². The van der Waals surface area contributed by atoms with Crippen LogP contribution < -0.4 is 4.90 Å². The number of aliphatic carboxylic acids is 1. The number of carbonyl (C=O) groups excluding carboxylic acids is 1. The third-order valence-corrected chi connectivity index (χ3v) is 3.31. The van der Waals surface area contributed by atoms with Crippen molar-refractivity contribution in [1.82, 2.24) is 0 Å². The Balaban J connectivity index is 2.50. The molecule has 0 radical (unpaired) electrons. The van der Waals surface area contributed by atoms with Gasteiger partial charge < -0.3 is 10.0 Å².